The van der Waals surface area contributed by atoms with E-state index in [2.05, 4.69) is 0 Å². The summed E-state index contributed by atoms with van der Waals surface area (Å²) in [5.74, 6) is 0.254. The fourth-order valence-electron chi connectivity index (χ4n) is 0.908. The van der Waals surface area contributed by atoms with Crippen molar-refractivity contribution in [1.82, 2.24) is 0 Å². The molecule has 0 aliphatic rings. The van der Waals surface area contributed by atoms with Crippen molar-refractivity contribution in [2.24, 2.45) is 0 Å². The van der Waals surface area contributed by atoms with Gasteiger partial charge in [-0.3, -0.25) is 0 Å². The molecule has 0 aliphatic heterocycles. The van der Waals surface area contributed by atoms with Crippen molar-refractivity contribution in [1.29, 1.82) is 0 Å². The lowest BCUT2D eigenvalue weighted by atomic mass is 10.1. The SMILES string of the molecule is Nc1c(N)c(N)c(OI)c(N)c1N. The number of rotatable bonds is 1. The summed E-state index contributed by atoms with van der Waals surface area (Å²) in [5.41, 5.74) is 28.8. The Balaban J connectivity index is 3.56. The Labute approximate surface area is 89.1 Å². The third-order valence-corrected chi connectivity index (χ3v) is 2.17. The molecule has 0 heterocycles. The van der Waals surface area contributed by atoms with Crippen LogP contribution in [0.25, 0.3) is 0 Å². The molecule has 0 amide bonds. The Morgan fingerprint density at radius 2 is 1.00 bits per heavy atom. The van der Waals surface area contributed by atoms with Crippen LogP contribution >= 0.6 is 23.0 Å². The van der Waals surface area contributed by atoms with E-state index in [-0.39, 0.29) is 34.2 Å². The lowest BCUT2D eigenvalue weighted by Crippen LogP contribution is -2.08. The molecule has 0 aliphatic carbocycles. The quantitative estimate of drug-likeness (QED) is 0.373. The minimum atomic E-state index is 0.187. The Morgan fingerprint density at radius 1 is 0.692 bits per heavy atom. The summed E-state index contributed by atoms with van der Waals surface area (Å²) >= 11 is 1.64. The van der Waals surface area contributed by atoms with Crippen molar-refractivity contribution in [3.05, 3.63) is 0 Å². The lowest BCUT2D eigenvalue weighted by Gasteiger charge is -2.13. The zero-order valence-electron chi connectivity index (χ0n) is 6.67. The summed E-state index contributed by atoms with van der Waals surface area (Å²) in [7, 11) is 0. The summed E-state index contributed by atoms with van der Waals surface area (Å²) in [6.07, 6.45) is 0. The molecule has 13 heavy (non-hydrogen) atoms. The maximum absolute atomic E-state index is 5.59. The van der Waals surface area contributed by atoms with E-state index in [4.69, 9.17) is 31.7 Å². The van der Waals surface area contributed by atoms with Crippen molar-refractivity contribution in [3.8, 4) is 5.75 Å². The van der Waals surface area contributed by atoms with Crippen LogP contribution in [0.15, 0.2) is 0 Å². The highest BCUT2D eigenvalue weighted by Crippen LogP contribution is 2.44. The Hall–Kier alpha value is -1.25. The second kappa shape index (κ2) is 3.24. The maximum Gasteiger partial charge on any atom is 0.192 e. The van der Waals surface area contributed by atoms with Gasteiger partial charge >= 0.3 is 0 Å². The fourth-order valence-corrected chi connectivity index (χ4v) is 1.38. The second-order valence-corrected chi connectivity index (χ2v) is 2.92. The van der Waals surface area contributed by atoms with Crippen LogP contribution in [0.3, 0.4) is 0 Å². The minimum Gasteiger partial charge on any atom is -0.423 e. The molecule has 0 aromatic heterocycles. The number of nitrogens with two attached hydrogens (primary N) is 5. The molecule has 0 saturated heterocycles. The topological polar surface area (TPSA) is 139 Å². The van der Waals surface area contributed by atoms with Gasteiger partial charge in [-0.2, -0.15) is 0 Å². The molecule has 0 saturated carbocycles. The third kappa shape index (κ3) is 1.34. The van der Waals surface area contributed by atoms with Crippen LogP contribution in [0.1, 0.15) is 0 Å². The van der Waals surface area contributed by atoms with E-state index in [0.29, 0.717) is 0 Å². The molecule has 0 bridgehead atoms. The lowest BCUT2D eigenvalue weighted by molar-refractivity contribution is 0.725. The van der Waals surface area contributed by atoms with Gasteiger partial charge in [-0.05, 0) is 0 Å². The number of anilines is 5. The van der Waals surface area contributed by atoms with E-state index in [0.717, 1.165) is 0 Å². The summed E-state index contributed by atoms with van der Waals surface area (Å²) in [4.78, 5) is 0. The van der Waals surface area contributed by atoms with Crippen molar-refractivity contribution < 1.29 is 3.07 Å². The summed E-state index contributed by atoms with van der Waals surface area (Å²) in [5, 5.41) is 0. The highest BCUT2D eigenvalue weighted by molar-refractivity contribution is 14.1. The van der Waals surface area contributed by atoms with Crippen LogP contribution in [0.4, 0.5) is 28.4 Å². The van der Waals surface area contributed by atoms with Crippen LogP contribution in [0.5, 0.6) is 5.75 Å². The molecular weight excluding hydrogens is 285 g/mol. The summed E-state index contributed by atoms with van der Waals surface area (Å²) in [6.45, 7) is 0. The highest BCUT2D eigenvalue weighted by Gasteiger charge is 2.16. The third-order valence-electron chi connectivity index (χ3n) is 1.73. The number of hydrogen-bond donors (Lipinski definition) is 5. The molecule has 1 aromatic rings. The second-order valence-electron chi connectivity index (χ2n) is 2.47. The average Bonchev–Trinajstić information content (AvgIpc) is 2.13. The summed E-state index contributed by atoms with van der Waals surface area (Å²) in [6, 6.07) is 0. The van der Waals surface area contributed by atoms with Crippen molar-refractivity contribution >= 4 is 51.4 Å². The zero-order valence-corrected chi connectivity index (χ0v) is 8.83. The largest absolute Gasteiger partial charge is 0.423 e. The van der Waals surface area contributed by atoms with Crippen LogP contribution in [-0.2, 0) is 0 Å². The molecule has 0 spiro atoms. The van der Waals surface area contributed by atoms with Gasteiger partial charge in [-0.15, -0.1) is 0 Å². The Kier molecular flexibility index (Phi) is 2.45. The Bertz CT molecular complexity index is 324. The van der Waals surface area contributed by atoms with Gasteiger partial charge in [0.15, 0.2) is 28.8 Å². The van der Waals surface area contributed by atoms with Gasteiger partial charge in [0, 0.05) is 0 Å². The van der Waals surface area contributed by atoms with Gasteiger partial charge in [-0.1, -0.05) is 0 Å². The fraction of sp³-hybridized carbons (Fsp3) is 0. The number of halogens is 1. The van der Waals surface area contributed by atoms with Crippen LogP contribution in [0.2, 0.25) is 0 Å². The van der Waals surface area contributed by atoms with E-state index in [9.17, 15) is 0 Å². The van der Waals surface area contributed by atoms with E-state index in [1.165, 1.54) is 0 Å². The van der Waals surface area contributed by atoms with Gasteiger partial charge in [0.05, 0.1) is 17.1 Å². The molecule has 7 heteroatoms. The number of hydrogen-bond acceptors (Lipinski definition) is 6. The Morgan fingerprint density at radius 3 is 1.31 bits per heavy atom. The van der Waals surface area contributed by atoms with Gasteiger partial charge in [0.25, 0.3) is 0 Å². The molecule has 1 aromatic carbocycles. The van der Waals surface area contributed by atoms with Gasteiger partial charge in [-0.25, -0.2) is 0 Å². The molecular formula is C6H10IN5O. The van der Waals surface area contributed by atoms with Crippen molar-refractivity contribution in [2.75, 3.05) is 28.7 Å². The van der Waals surface area contributed by atoms with Crippen molar-refractivity contribution in [3.63, 3.8) is 0 Å². The first kappa shape index (κ1) is 9.84. The molecule has 1 rings (SSSR count). The molecule has 6 nitrogen and oxygen atoms in total. The van der Waals surface area contributed by atoms with Crippen LogP contribution in [-0.4, -0.2) is 0 Å². The number of nitrogen functional groups attached to an aromatic ring is 5. The molecule has 0 atom stereocenters. The van der Waals surface area contributed by atoms with Crippen LogP contribution in [0, 0.1) is 0 Å². The molecule has 0 fully saturated rings. The minimum absolute atomic E-state index is 0.187. The van der Waals surface area contributed by atoms with Crippen LogP contribution < -0.4 is 31.7 Å². The van der Waals surface area contributed by atoms with Gasteiger partial charge in [0.1, 0.15) is 11.4 Å². The zero-order chi connectivity index (χ0) is 10.2. The smallest absolute Gasteiger partial charge is 0.192 e. The first-order valence-corrected chi connectivity index (χ1v) is 4.18. The van der Waals surface area contributed by atoms with E-state index in [1.807, 2.05) is 0 Å². The van der Waals surface area contributed by atoms with Gasteiger partial charge < -0.3 is 31.7 Å². The predicted molar refractivity (Wildman–Crippen MR) is 63.2 cm³/mol. The normalized spacial score (nSPS) is 9.92. The van der Waals surface area contributed by atoms with E-state index < -0.39 is 0 Å². The van der Waals surface area contributed by atoms with Crippen molar-refractivity contribution in [2.45, 2.75) is 0 Å². The molecule has 72 valence electrons. The van der Waals surface area contributed by atoms with E-state index in [1.54, 1.807) is 23.0 Å². The average molecular weight is 295 g/mol. The number of benzene rings is 1. The van der Waals surface area contributed by atoms with Gasteiger partial charge in [0.2, 0.25) is 0 Å². The summed E-state index contributed by atoms with van der Waals surface area (Å²) < 4.78 is 4.90. The predicted octanol–water partition coefficient (Wildman–Crippen LogP) is 0.326. The molecule has 10 N–H and O–H groups in total. The molecule has 0 unspecified atom stereocenters. The first-order chi connectivity index (χ1) is 6.00. The highest BCUT2D eigenvalue weighted by atomic mass is 127. The standard InChI is InChI=1S/C6H10IN5O/c7-13-6-4(11)2(9)1(8)3(10)5(6)12/h8-12H2. The monoisotopic (exact) mass is 295 g/mol. The maximum atomic E-state index is 5.59. The molecule has 0 radical (unpaired) electrons. The first-order valence-electron chi connectivity index (χ1n) is 3.30. The van der Waals surface area contributed by atoms with E-state index >= 15 is 0 Å².